The molecule has 0 amide bonds. The molecule has 0 rings (SSSR count). The number of hydrogen-bond acceptors (Lipinski definition) is 7. The Morgan fingerprint density at radius 2 is 0.614 bits per heavy atom. The van der Waals surface area contributed by atoms with Crippen LogP contribution in [0.3, 0.4) is 0 Å². The molecule has 2 unspecified atom stereocenters. The van der Waals surface area contributed by atoms with E-state index >= 15 is 0 Å². The van der Waals surface area contributed by atoms with E-state index in [2.05, 4.69) is 148 Å². The molecule has 0 saturated heterocycles. The van der Waals surface area contributed by atoms with E-state index in [4.69, 9.17) is 18.5 Å². The van der Waals surface area contributed by atoms with E-state index < -0.39 is 26.5 Å². The van der Waals surface area contributed by atoms with Gasteiger partial charge in [0.25, 0.3) is 0 Å². The molecule has 88 heavy (non-hydrogen) atoms. The third-order valence-corrected chi connectivity index (χ3v) is 16.2. The van der Waals surface area contributed by atoms with Crippen molar-refractivity contribution >= 4 is 19.8 Å². The van der Waals surface area contributed by atoms with Crippen LogP contribution in [0.15, 0.2) is 134 Å². The first-order valence-corrected chi connectivity index (χ1v) is 37.4. The average molecular weight is 1250 g/mol. The van der Waals surface area contributed by atoms with Crippen LogP contribution in [0.1, 0.15) is 296 Å². The lowest BCUT2D eigenvalue weighted by Gasteiger charge is -2.24. The highest BCUT2D eigenvalue weighted by Gasteiger charge is 2.27. The molecule has 1 N–H and O–H groups in total. The quantitative estimate of drug-likeness (QED) is 0.0211. The van der Waals surface area contributed by atoms with Gasteiger partial charge in [0.05, 0.1) is 27.7 Å². The fourth-order valence-corrected chi connectivity index (χ4v) is 10.5. The predicted molar refractivity (Wildman–Crippen MR) is 381 cm³/mol. The van der Waals surface area contributed by atoms with Gasteiger partial charge in [-0.25, -0.2) is 4.57 Å². The summed E-state index contributed by atoms with van der Waals surface area (Å²) in [7, 11) is 1.46. The molecular weight excluding hydrogens is 1110 g/mol. The highest BCUT2D eigenvalue weighted by atomic mass is 31.2. The molecule has 2 atom stereocenters. The summed E-state index contributed by atoms with van der Waals surface area (Å²) in [6.07, 6.45) is 98.5. The molecule has 0 aromatic carbocycles. The van der Waals surface area contributed by atoms with Crippen molar-refractivity contribution in [3.05, 3.63) is 134 Å². The van der Waals surface area contributed by atoms with Crippen molar-refractivity contribution in [3.8, 4) is 0 Å². The van der Waals surface area contributed by atoms with E-state index in [-0.39, 0.29) is 32.0 Å². The highest BCUT2D eigenvalue weighted by Crippen LogP contribution is 2.43. The van der Waals surface area contributed by atoms with Gasteiger partial charge >= 0.3 is 19.8 Å². The molecule has 0 spiro atoms. The molecule has 9 nitrogen and oxygen atoms in total. The van der Waals surface area contributed by atoms with Crippen LogP contribution >= 0.6 is 7.82 Å². The summed E-state index contributed by atoms with van der Waals surface area (Å²) >= 11 is 0. The van der Waals surface area contributed by atoms with Crippen LogP contribution in [-0.2, 0) is 32.7 Å². The number of allylic oxidation sites excluding steroid dienone is 22. The molecular formula is C78H135NO8P+. The molecule has 0 radical (unpaired) electrons. The van der Waals surface area contributed by atoms with E-state index in [1.54, 1.807) is 0 Å². The van der Waals surface area contributed by atoms with Crippen LogP contribution < -0.4 is 0 Å². The van der Waals surface area contributed by atoms with Gasteiger partial charge in [0.2, 0.25) is 0 Å². The number of phosphoric acid groups is 1. The lowest BCUT2D eigenvalue weighted by Crippen LogP contribution is -2.37. The van der Waals surface area contributed by atoms with Crippen molar-refractivity contribution in [2.75, 3.05) is 47.5 Å². The van der Waals surface area contributed by atoms with Crippen molar-refractivity contribution < 1.29 is 42.1 Å². The number of phosphoric ester groups is 1. The van der Waals surface area contributed by atoms with Gasteiger partial charge in [-0.2, -0.15) is 0 Å². The maximum Gasteiger partial charge on any atom is 0.472 e. The Morgan fingerprint density at radius 1 is 0.352 bits per heavy atom. The van der Waals surface area contributed by atoms with E-state index in [1.165, 1.54) is 148 Å². The lowest BCUT2D eigenvalue weighted by molar-refractivity contribution is -0.870. The van der Waals surface area contributed by atoms with Crippen molar-refractivity contribution in [1.29, 1.82) is 0 Å². The van der Waals surface area contributed by atoms with E-state index in [1.807, 2.05) is 21.1 Å². The highest BCUT2D eigenvalue weighted by molar-refractivity contribution is 7.47. The summed E-state index contributed by atoms with van der Waals surface area (Å²) in [4.78, 5) is 35.9. The molecule has 0 heterocycles. The molecule has 0 aromatic heterocycles. The number of carbonyl (C=O) groups excluding carboxylic acids is 2. The number of esters is 2. The second-order valence-electron chi connectivity index (χ2n) is 24.9. The molecule has 0 aliphatic heterocycles. The average Bonchev–Trinajstić information content (AvgIpc) is 3.68. The van der Waals surface area contributed by atoms with Gasteiger partial charge in [0.15, 0.2) is 6.10 Å². The van der Waals surface area contributed by atoms with Crippen LogP contribution in [0, 0.1) is 0 Å². The van der Waals surface area contributed by atoms with Gasteiger partial charge in [-0.1, -0.05) is 308 Å². The number of likely N-dealkylation sites (N-methyl/N-ethyl adjacent to an activating group) is 1. The number of ether oxygens (including phenoxy) is 2. The van der Waals surface area contributed by atoms with Crippen LogP contribution in [0.4, 0.5) is 0 Å². The Kier molecular flexibility index (Phi) is 64.6. The van der Waals surface area contributed by atoms with Crippen LogP contribution in [0.25, 0.3) is 0 Å². The van der Waals surface area contributed by atoms with Gasteiger partial charge in [-0.3, -0.25) is 18.6 Å². The monoisotopic (exact) mass is 1240 g/mol. The molecule has 0 aromatic rings. The second-order valence-corrected chi connectivity index (χ2v) is 26.3. The van der Waals surface area contributed by atoms with E-state index in [9.17, 15) is 19.0 Å². The van der Waals surface area contributed by atoms with Crippen molar-refractivity contribution in [1.82, 2.24) is 0 Å². The Bertz CT molecular complexity index is 1950. The number of quaternary nitrogens is 1. The molecule has 10 heteroatoms. The lowest BCUT2D eigenvalue weighted by atomic mass is 10.0. The van der Waals surface area contributed by atoms with Gasteiger partial charge < -0.3 is 18.9 Å². The first kappa shape index (κ1) is 84.2. The molecule has 0 saturated carbocycles. The van der Waals surface area contributed by atoms with Crippen LogP contribution in [0.5, 0.6) is 0 Å². The third kappa shape index (κ3) is 71.2. The molecule has 0 bridgehead atoms. The summed E-state index contributed by atoms with van der Waals surface area (Å²) in [6.45, 7) is 4.21. The summed E-state index contributed by atoms with van der Waals surface area (Å²) in [6, 6.07) is 0. The first-order valence-electron chi connectivity index (χ1n) is 35.9. The number of nitrogens with zero attached hydrogens (tertiary/aromatic N) is 1. The normalized spacial score (nSPS) is 13.9. The van der Waals surface area contributed by atoms with Gasteiger partial charge in [0, 0.05) is 12.8 Å². The molecule has 0 aliphatic carbocycles. The number of carbonyl (C=O) groups is 2. The van der Waals surface area contributed by atoms with Crippen molar-refractivity contribution in [3.63, 3.8) is 0 Å². The van der Waals surface area contributed by atoms with Crippen molar-refractivity contribution in [2.45, 2.75) is 302 Å². The summed E-state index contributed by atoms with van der Waals surface area (Å²) in [5.74, 6) is -0.807. The summed E-state index contributed by atoms with van der Waals surface area (Å²) in [5, 5.41) is 0. The van der Waals surface area contributed by atoms with Gasteiger partial charge in [-0.15, -0.1) is 0 Å². The Balaban J connectivity index is 4.05. The first-order chi connectivity index (χ1) is 43.0. The zero-order valence-corrected chi connectivity index (χ0v) is 58.3. The van der Waals surface area contributed by atoms with E-state index in [0.717, 1.165) is 116 Å². The molecule has 0 fully saturated rings. The minimum atomic E-state index is -4.40. The molecule has 0 aliphatic rings. The zero-order chi connectivity index (χ0) is 64.1. The summed E-state index contributed by atoms with van der Waals surface area (Å²) in [5.41, 5.74) is 0. The zero-order valence-electron chi connectivity index (χ0n) is 57.4. The van der Waals surface area contributed by atoms with Gasteiger partial charge in [0.1, 0.15) is 19.8 Å². The Morgan fingerprint density at radius 3 is 0.909 bits per heavy atom. The predicted octanol–water partition coefficient (Wildman–Crippen LogP) is 23.6. The Labute approximate surface area is 542 Å². The second kappa shape index (κ2) is 67.5. The molecule has 504 valence electrons. The minimum absolute atomic E-state index is 0.0243. The standard InChI is InChI=1S/C78H134NO8P/c1-6-8-10-12-14-16-18-20-22-24-26-28-30-32-34-36-37-38-39-40-41-43-44-46-48-50-52-54-56-58-60-62-64-66-68-70-77(80)84-74-76(75-86-88(82,83)85-73-72-79(3,4)5)87-78(81)71-69-67-65-63-61-59-57-55-53-51-49-47-45-42-35-33-31-29-27-25-23-21-19-17-15-13-11-9-7-2/h8-11,14-17,20-23,26-29,33,35,45,47,51,53,76H,6-7,12-13,18-19,24-25,30-32,34,36-44,46,48-50,52,54-75H2,1-5H3/p+1/b10-8-,11-9-,16-14-,17-15-,22-20-,23-21-,28-26-,29-27-,35-33-,47-45-,53-51-. The van der Waals surface area contributed by atoms with E-state index in [0.29, 0.717) is 17.4 Å². The summed E-state index contributed by atoms with van der Waals surface area (Å²) < 4.78 is 34.7. The maximum absolute atomic E-state index is 12.9. The van der Waals surface area contributed by atoms with Crippen LogP contribution in [-0.4, -0.2) is 74.9 Å². The van der Waals surface area contributed by atoms with Crippen LogP contribution in [0.2, 0.25) is 0 Å². The number of unbranched alkanes of at least 4 members (excludes halogenated alkanes) is 29. The smallest absolute Gasteiger partial charge is 0.462 e. The topological polar surface area (TPSA) is 108 Å². The fourth-order valence-electron chi connectivity index (χ4n) is 9.75. The number of rotatable bonds is 65. The number of hydrogen-bond donors (Lipinski definition) is 1. The van der Waals surface area contributed by atoms with Crippen molar-refractivity contribution in [2.24, 2.45) is 0 Å². The fraction of sp³-hybridized carbons (Fsp3) is 0.692. The maximum atomic E-state index is 12.9. The minimum Gasteiger partial charge on any atom is -0.462 e. The third-order valence-electron chi connectivity index (χ3n) is 15.2. The largest absolute Gasteiger partial charge is 0.472 e. The van der Waals surface area contributed by atoms with Gasteiger partial charge in [-0.05, 0) is 109 Å². The Hall–Kier alpha value is -3.85. The SMILES string of the molecule is CC/C=C\C/C=C\C/C=C\C/C=C\C/C=C\C/C=C\C/C=C\CCCCCCCCCC(=O)OC(COC(=O)CCCCCCCCCCCCCCCCCCCCCCCC/C=C\C/C=C\C/C=C\C/C=C\CC)COP(=O)(O)OCC[N+](C)(C)C.